The zero-order valence-corrected chi connectivity index (χ0v) is 19.3. The summed E-state index contributed by atoms with van der Waals surface area (Å²) in [5.74, 6) is 2.03. The Bertz CT molecular complexity index is 1110. The van der Waals surface area contributed by atoms with Crippen LogP contribution in [-0.2, 0) is 11.3 Å². The maximum absolute atomic E-state index is 5.42. The number of aromatic nitrogens is 5. The minimum atomic E-state index is 0.303. The van der Waals surface area contributed by atoms with E-state index in [-0.39, 0.29) is 0 Å². The minimum Gasteiger partial charge on any atom is -0.496 e. The summed E-state index contributed by atoms with van der Waals surface area (Å²) in [5, 5.41) is 12.9. The van der Waals surface area contributed by atoms with E-state index in [4.69, 9.17) is 4.74 Å². The van der Waals surface area contributed by atoms with Gasteiger partial charge in [0.1, 0.15) is 17.9 Å². The van der Waals surface area contributed by atoms with Crippen LogP contribution in [0.5, 0.6) is 5.75 Å². The quantitative estimate of drug-likeness (QED) is 0.454. The summed E-state index contributed by atoms with van der Waals surface area (Å²) in [6.45, 7) is 5.77. The molecule has 9 heteroatoms. The van der Waals surface area contributed by atoms with Crippen LogP contribution in [0.2, 0.25) is 0 Å². The molecule has 0 radical (unpaired) electrons. The first-order valence-corrected chi connectivity index (χ1v) is 10.9. The zero-order valence-electron chi connectivity index (χ0n) is 18.5. The Hall–Kier alpha value is -3.04. The number of nitrogens with zero attached hydrogens (tertiary/aromatic N) is 5. The highest BCUT2D eigenvalue weighted by Crippen LogP contribution is 2.30. The number of fused-ring (bicyclic) bond motifs is 1. The number of hydrogen-bond donors (Lipinski definition) is 1. The molecule has 0 aromatic carbocycles. The van der Waals surface area contributed by atoms with E-state index in [9.17, 15) is 0 Å². The highest BCUT2D eigenvalue weighted by molar-refractivity contribution is 7.08. The molecule has 0 spiro atoms. The molecular formula is C22H28N6O2S. The molecule has 0 aliphatic carbocycles. The first-order chi connectivity index (χ1) is 15.1. The van der Waals surface area contributed by atoms with Gasteiger partial charge >= 0.3 is 0 Å². The number of methoxy groups -OCH3 is 2. The van der Waals surface area contributed by atoms with Crippen LogP contribution in [-0.4, -0.2) is 52.6 Å². The normalized spacial score (nSPS) is 11.6. The molecule has 4 aromatic rings. The third kappa shape index (κ3) is 5.36. The molecule has 4 heterocycles. The lowest BCUT2D eigenvalue weighted by Crippen LogP contribution is -2.11. The molecule has 164 valence electrons. The number of rotatable bonds is 7. The van der Waals surface area contributed by atoms with E-state index in [0.717, 1.165) is 46.9 Å². The van der Waals surface area contributed by atoms with Crippen molar-refractivity contribution < 1.29 is 9.47 Å². The minimum absolute atomic E-state index is 0.303. The van der Waals surface area contributed by atoms with Gasteiger partial charge in [0.2, 0.25) is 0 Å². The number of pyridine rings is 1. The van der Waals surface area contributed by atoms with Gasteiger partial charge in [0.15, 0.2) is 5.65 Å². The SMILES string of the molecule is CCn1ncc2cc(-c3cc(NCC(C)c4cscc4OC)ncn3)cnc21.COC. The second-order valence-electron chi connectivity index (χ2n) is 6.97. The Morgan fingerprint density at radius 2 is 1.90 bits per heavy atom. The van der Waals surface area contributed by atoms with Crippen LogP contribution in [0.4, 0.5) is 5.82 Å². The van der Waals surface area contributed by atoms with Crippen LogP contribution >= 0.6 is 11.3 Å². The second-order valence-corrected chi connectivity index (χ2v) is 7.71. The lowest BCUT2D eigenvalue weighted by Gasteiger charge is -2.14. The predicted molar refractivity (Wildman–Crippen MR) is 125 cm³/mol. The highest BCUT2D eigenvalue weighted by Gasteiger charge is 2.13. The van der Waals surface area contributed by atoms with Crippen molar-refractivity contribution in [3.63, 3.8) is 0 Å². The predicted octanol–water partition coefficient (Wildman–Crippen LogP) is 4.46. The van der Waals surface area contributed by atoms with Gasteiger partial charge in [-0.25, -0.2) is 19.6 Å². The summed E-state index contributed by atoms with van der Waals surface area (Å²) in [6.07, 6.45) is 5.25. The van der Waals surface area contributed by atoms with E-state index < -0.39 is 0 Å². The number of nitrogens with one attached hydrogen (secondary N) is 1. The molecule has 4 rings (SSSR count). The van der Waals surface area contributed by atoms with Crippen molar-refractivity contribution in [3.05, 3.63) is 47.2 Å². The topological polar surface area (TPSA) is 87.0 Å². The van der Waals surface area contributed by atoms with E-state index in [1.807, 2.05) is 28.5 Å². The van der Waals surface area contributed by atoms with E-state index in [1.54, 1.807) is 39.0 Å². The molecule has 0 aliphatic heterocycles. The van der Waals surface area contributed by atoms with Gasteiger partial charge < -0.3 is 14.8 Å². The van der Waals surface area contributed by atoms with E-state index in [2.05, 4.69) is 55.4 Å². The van der Waals surface area contributed by atoms with Gasteiger partial charge in [-0.15, -0.1) is 11.3 Å². The molecule has 0 bridgehead atoms. The Morgan fingerprint density at radius 1 is 1.10 bits per heavy atom. The maximum Gasteiger partial charge on any atom is 0.157 e. The van der Waals surface area contributed by atoms with Gasteiger partial charge in [-0.2, -0.15) is 5.10 Å². The van der Waals surface area contributed by atoms with Gasteiger partial charge in [-0.1, -0.05) is 6.92 Å². The van der Waals surface area contributed by atoms with Crippen molar-refractivity contribution in [1.82, 2.24) is 24.7 Å². The fraction of sp³-hybridized carbons (Fsp3) is 0.364. The average molecular weight is 441 g/mol. The summed E-state index contributed by atoms with van der Waals surface area (Å²) >= 11 is 1.65. The molecule has 0 saturated heterocycles. The molecule has 1 N–H and O–H groups in total. The van der Waals surface area contributed by atoms with Crippen LogP contribution in [0.25, 0.3) is 22.3 Å². The van der Waals surface area contributed by atoms with Crippen molar-refractivity contribution in [2.75, 3.05) is 33.2 Å². The van der Waals surface area contributed by atoms with Gasteiger partial charge in [0.05, 0.1) is 19.0 Å². The van der Waals surface area contributed by atoms with Gasteiger partial charge in [-0.3, -0.25) is 0 Å². The first kappa shape index (κ1) is 22.6. The lowest BCUT2D eigenvalue weighted by molar-refractivity contribution is 0.277. The molecule has 31 heavy (non-hydrogen) atoms. The van der Waals surface area contributed by atoms with Crippen LogP contribution in [0.15, 0.2) is 41.6 Å². The molecule has 0 aliphatic rings. The van der Waals surface area contributed by atoms with E-state index in [0.29, 0.717) is 5.92 Å². The second kappa shape index (κ2) is 10.8. The van der Waals surface area contributed by atoms with Gasteiger partial charge in [0, 0.05) is 67.4 Å². The van der Waals surface area contributed by atoms with Crippen LogP contribution in [0, 0.1) is 0 Å². The summed E-state index contributed by atoms with van der Waals surface area (Å²) in [5.41, 5.74) is 3.87. The molecule has 0 saturated carbocycles. The monoisotopic (exact) mass is 440 g/mol. The van der Waals surface area contributed by atoms with Crippen molar-refractivity contribution in [3.8, 4) is 17.0 Å². The average Bonchev–Trinajstić information content (AvgIpc) is 3.44. The maximum atomic E-state index is 5.42. The fourth-order valence-corrected chi connectivity index (χ4v) is 4.06. The first-order valence-electron chi connectivity index (χ1n) is 9.99. The molecule has 4 aromatic heterocycles. The van der Waals surface area contributed by atoms with Crippen LogP contribution < -0.4 is 10.1 Å². The highest BCUT2D eigenvalue weighted by atomic mass is 32.1. The number of ether oxygens (including phenoxy) is 2. The van der Waals surface area contributed by atoms with Crippen LogP contribution in [0.3, 0.4) is 0 Å². The van der Waals surface area contributed by atoms with Crippen molar-refractivity contribution in [2.45, 2.75) is 26.3 Å². The molecule has 1 unspecified atom stereocenters. The smallest absolute Gasteiger partial charge is 0.157 e. The third-order valence-corrected chi connectivity index (χ3v) is 5.47. The Balaban J connectivity index is 0.000000858. The number of anilines is 1. The summed E-state index contributed by atoms with van der Waals surface area (Å²) in [7, 11) is 4.96. The largest absolute Gasteiger partial charge is 0.496 e. The summed E-state index contributed by atoms with van der Waals surface area (Å²) in [4.78, 5) is 13.3. The number of aryl methyl sites for hydroxylation is 1. The van der Waals surface area contributed by atoms with Gasteiger partial charge in [0.25, 0.3) is 0 Å². The molecule has 0 fully saturated rings. The van der Waals surface area contributed by atoms with Gasteiger partial charge in [-0.05, 0) is 18.4 Å². The van der Waals surface area contributed by atoms with E-state index >= 15 is 0 Å². The van der Waals surface area contributed by atoms with Crippen molar-refractivity contribution in [1.29, 1.82) is 0 Å². The molecular weight excluding hydrogens is 412 g/mol. The Morgan fingerprint density at radius 3 is 2.65 bits per heavy atom. The summed E-state index contributed by atoms with van der Waals surface area (Å²) in [6, 6.07) is 4.01. The van der Waals surface area contributed by atoms with Crippen molar-refractivity contribution in [2.24, 2.45) is 0 Å². The molecule has 1 atom stereocenters. The zero-order chi connectivity index (χ0) is 22.2. The number of thiophene rings is 1. The molecule has 0 amide bonds. The van der Waals surface area contributed by atoms with Crippen molar-refractivity contribution >= 4 is 28.2 Å². The standard InChI is InChI=1S/C20H22N6OS.C2H6O/c1-4-26-20-15(9-25-26)5-14(8-22-20)17-6-19(24-12-23-17)21-7-13(2)16-10-28-11-18(16)27-3;1-3-2/h5-6,8-13H,4,7H2,1-3H3,(H,21,23,24);1-2H3. The Kier molecular flexibility index (Phi) is 7.91. The fourth-order valence-electron chi connectivity index (χ4n) is 3.14. The molecule has 8 nitrogen and oxygen atoms in total. The summed E-state index contributed by atoms with van der Waals surface area (Å²) < 4.78 is 11.6. The number of hydrogen-bond acceptors (Lipinski definition) is 8. The van der Waals surface area contributed by atoms with E-state index in [1.165, 1.54) is 5.56 Å². The lowest BCUT2D eigenvalue weighted by atomic mass is 10.0. The third-order valence-electron chi connectivity index (χ3n) is 4.73. The Labute approximate surface area is 186 Å². The van der Waals surface area contributed by atoms with Crippen LogP contribution in [0.1, 0.15) is 25.3 Å².